The van der Waals surface area contributed by atoms with Crippen molar-refractivity contribution < 1.29 is 14.3 Å². The van der Waals surface area contributed by atoms with Crippen molar-refractivity contribution in [1.82, 2.24) is 4.98 Å². The molecule has 18 heavy (non-hydrogen) atoms. The number of carbonyl (C=O) groups excluding carboxylic acids is 1. The number of rotatable bonds is 4. The Bertz CT molecular complexity index is 566. The first-order valence-electron chi connectivity index (χ1n) is 5.48. The second-order valence-corrected chi connectivity index (χ2v) is 3.72. The third-order valence-corrected chi connectivity index (χ3v) is 2.40. The summed E-state index contributed by atoms with van der Waals surface area (Å²) in [5.41, 5.74) is 0.572. The van der Waals surface area contributed by atoms with Crippen LogP contribution in [-0.4, -0.2) is 17.9 Å². The largest absolute Gasteiger partial charge is 0.497 e. The maximum atomic E-state index is 11.2. The molecule has 92 valence electrons. The molecule has 0 aliphatic heterocycles. The number of ether oxygens (including phenoxy) is 2. The molecule has 0 bridgehead atoms. The average molecular weight is 243 g/mol. The van der Waals surface area contributed by atoms with Crippen molar-refractivity contribution >= 4 is 5.78 Å². The second-order valence-electron chi connectivity index (χ2n) is 3.72. The Hall–Kier alpha value is -2.36. The van der Waals surface area contributed by atoms with Crippen LogP contribution < -0.4 is 9.47 Å². The first-order valence-corrected chi connectivity index (χ1v) is 5.48. The normalized spacial score (nSPS) is 9.89. The van der Waals surface area contributed by atoms with Gasteiger partial charge in [0, 0.05) is 23.9 Å². The molecule has 4 nitrogen and oxygen atoms in total. The van der Waals surface area contributed by atoms with Crippen LogP contribution in [-0.2, 0) is 0 Å². The Morgan fingerprint density at radius 3 is 2.67 bits per heavy atom. The van der Waals surface area contributed by atoms with E-state index in [9.17, 15) is 4.79 Å². The molecule has 2 aromatic rings. The zero-order chi connectivity index (χ0) is 13.0. The van der Waals surface area contributed by atoms with E-state index in [1.165, 1.54) is 6.92 Å². The SMILES string of the molecule is COc1cccc(Oc2cc(C(C)=O)ccn2)c1. The highest BCUT2D eigenvalue weighted by Gasteiger charge is 2.04. The summed E-state index contributed by atoms with van der Waals surface area (Å²) < 4.78 is 10.7. The predicted octanol–water partition coefficient (Wildman–Crippen LogP) is 3.09. The number of ketones is 1. The molecule has 0 saturated carbocycles. The van der Waals surface area contributed by atoms with E-state index in [-0.39, 0.29) is 5.78 Å². The van der Waals surface area contributed by atoms with Gasteiger partial charge in [0.15, 0.2) is 5.78 Å². The number of hydrogen-bond acceptors (Lipinski definition) is 4. The van der Waals surface area contributed by atoms with Crippen molar-refractivity contribution in [1.29, 1.82) is 0 Å². The van der Waals surface area contributed by atoms with Gasteiger partial charge in [-0.25, -0.2) is 4.98 Å². The van der Waals surface area contributed by atoms with E-state index in [4.69, 9.17) is 9.47 Å². The van der Waals surface area contributed by atoms with Crippen LogP contribution in [0.4, 0.5) is 0 Å². The van der Waals surface area contributed by atoms with Gasteiger partial charge < -0.3 is 9.47 Å². The van der Waals surface area contributed by atoms with Crippen LogP contribution in [0.1, 0.15) is 17.3 Å². The lowest BCUT2D eigenvalue weighted by atomic mass is 10.2. The quantitative estimate of drug-likeness (QED) is 0.774. The predicted molar refractivity (Wildman–Crippen MR) is 67.3 cm³/mol. The van der Waals surface area contributed by atoms with Gasteiger partial charge in [0.05, 0.1) is 7.11 Å². The maximum absolute atomic E-state index is 11.2. The molecule has 1 aromatic heterocycles. The van der Waals surface area contributed by atoms with Gasteiger partial charge in [-0.1, -0.05) is 6.07 Å². The first kappa shape index (κ1) is 12.1. The Balaban J connectivity index is 2.22. The van der Waals surface area contributed by atoms with E-state index in [2.05, 4.69) is 4.98 Å². The Morgan fingerprint density at radius 2 is 1.94 bits per heavy atom. The van der Waals surface area contributed by atoms with Crippen LogP contribution >= 0.6 is 0 Å². The molecule has 2 rings (SSSR count). The van der Waals surface area contributed by atoms with Crippen molar-refractivity contribution in [2.45, 2.75) is 6.92 Å². The third-order valence-electron chi connectivity index (χ3n) is 2.40. The monoisotopic (exact) mass is 243 g/mol. The van der Waals surface area contributed by atoms with Gasteiger partial charge in [0.1, 0.15) is 11.5 Å². The lowest BCUT2D eigenvalue weighted by Gasteiger charge is -2.06. The second kappa shape index (κ2) is 5.31. The summed E-state index contributed by atoms with van der Waals surface area (Å²) in [5.74, 6) is 1.68. The lowest BCUT2D eigenvalue weighted by Crippen LogP contribution is -1.95. The average Bonchev–Trinajstić information content (AvgIpc) is 2.39. The molecule has 0 unspecified atom stereocenters. The molecule has 0 saturated heterocycles. The van der Waals surface area contributed by atoms with Crippen molar-refractivity contribution in [3.05, 3.63) is 48.2 Å². The van der Waals surface area contributed by atoms with Crippen LogP contribution in [0.2, 0.25) is 0 Å². The van der Waals surface area contributed by atoms with Gasteiger partial charge in [-0.3, -0.25) is 4.79 Å². The molecule has 1 heterocycles. The molecule has 0 aliphatic carbocycles. The molecule has 0 radical (unpaired) electrons. The molecule has 0 N–H and O–H groups in total. The minimum absolute atomic E-state index is 0.0205. The molecule has 0 amide bonds. The molecule has 0 atom stereocenters. The number of benzene rings is 1. The van der Waals surface area contributed by atoms with E-state index < -0.39 is 0 Å². The number of pyridine rings is 1. The smallest absolute Gasteiger partial charge is 0.219 e. The Kier molecular flexibility index (Phi) is 3.57. The zero-order valence-corrected chi connectivity index (χ0v) is 10.2. The van der Waals surface area contributed by atoms with Gasteiger partial charge >= 0.3 is 0 Å². The number of methoxy groups -OCH3 is 1. The van der Waals surface area contributed by atoms with Crippen LogP contribution in [0, 0.1) is 0 Å². The number of carbonyl (C=O) groups is 1. The standard InChI is InChI=1S/C14H13NO3/c1-10(16)11-6-7-15-14(8-11)18-13-5-3-4-12(9-13)17-2/h3-9H,1-2H3. The van der Waals surface area contributed by atoms with Crippen molar-refractivity contribution in [3.63, 3.8) is 0 Å². The lowest BCUT2D eigenvalue weighted by molar-refractivity contribution is 0.101. The first-order chi connectivity index (χ1) is 8.69. The minimum Gasteiger partial charge on any atom is -0.497 e. The van der Waals surface area contributed by atoms with Crippen molar-refractivity contribution in [2.75, 3.05) is 7.11 Å². The summed E-state index contributed by atoms with van der Waals surface area (Å²) in [7, 11) is 1.59. The van der Waals surface area contributed by atoms with E-state index in [0.717, 1.165) is 0 Å². The summed E-state index contributed by atoms with van der Waals surface area (Å²) >= 11 is 0. The van der Waals surface area contributed by atoms with Crippen LogP contribution in [0.3, 0.4) is 0 Å². The molecule has 0 spiro atoms. The van der Waals surface area contributed by atoms with E-state index >= 15 is 0 Å². The fourth-order valence-corrected chi connectivity index (χ4v) is 1.47. The molecule has 0 aliphatic rings. The van der Waals surface area contributed by atoms with E-state index in [0.29, 0.717) is 22.9 Å². The van der Waals surface area contributed by atoms with Crippen molar-refractivity contribution in [3.8, 4) is 17.4 Å². The highest BCUT2D eigenvalue weighted by Crippen LogP contribution is 2.24. The molecule has 1 aromatic carbocycles. The summed E-state index contributed by atoms with van der Waals surface area (Å²) in [6.45, 7) is 1.50. The summed E-state index contributed by atoms with van der Waals surface area (Å²) in [4.78, 5) is 15.3. The molecular weight excluding hydrogens is 230 g/mol. The summed E-state index contributed by atoms with van der Waals surface area (Å²) in [6, 6.07) is 10.5. The van der Waals surface area contributed by atoms with Gasteiger partial charge in [-0.15, -0.1) is 0 Å². The van der Waals surface area contributed by atoms with E-state index in [1.807, 2.05) is 12.1 Å². The van der Waals surface area contributed by atoms with Crippen LogP contribution in [0.25, 0.3) is 0 Å². The number of aromatic nitrogens is 1. The van der Waals surface area contributed by atoms with Crippen LogP contribution in [0.15, 0.2) is 42.6 Å². The Morgan fingerprint density at radius 1 is 1.17 bits per heavy atom. The fourth-order valence-electron chi connectivity index (χ4n) is 1.47. The molecule has 0 fully saturated rings. The topological polar surface area (TPSA) is 48.4 Å². The highest BCUT2D eigenvalue weighted by molar-refractivity contribution is 5.94. The fraction of sp³-hybridized carbons (Fsp3) is 0.143. The number of Topliss-reactive ketones (excluding diaryl/α,β-unsaturated/α-hetero) is 1. The molecule has 4 heteroatoms. The molecular formula is C14H13NO3. The summed E-state index contributed by atoms with van der Waals surface area (Å²) in [6.07, 6.45) is 1.55. The van der Waals surface area contributed by atoms with Gasteiger partial charge in [-0.05, 0) is 25.1 Å². The van der Waals surface area contributed by atoms with E-state index in [1.54, 1.807) is 37.6 Å². The highest BCUT2D eigenvalue weighted by atomic mass is 16.5. The van der Waals surface area contributed by atoms with Gasteiger partial charge in [0.25, 0.3) is 0 Å². The van der Waals surface area contributed by atoms with Crippen molar-refractivity contribution in [2.24, 2.45) is 0 Å². The third kappa shape index (κ3) is 2.85. The summed E-state index contributed by atoms with van der Waals surface area (Å²) in [5, 5.41) is 0. The van der Waals surface area contributed by atoms with Gasteiger partial charge in [0.2, 0.25) is 5.88 Å². The van der Waals surface area contributed by atoms with Gasteiger partial charge in [-0.2, -0.15) is 0 Å². The maximum Gasteiger partial charge on any atom is 0.219 e. The minimum atomic E-state index is -0.0205. The number of hydrogen-bond donors (Lipinski definition) is 0. The van der Waals surface area contributed by atoms with Crippen LogP contribution in [0.5, 0.6) is 17.4 Å². The zero-order valence-electron chi connectivity index (χ0n) is 10.2. The number of nitrogens with zero attached hydrogens (tertiary/aromatic N) is 1. The Labute approximate surface area is 105 Å².